The van der Waals surface area contributed by atoms with E-state index in [1.807, 2.05) is 28.6 Å². The number of hydrogen-bond donors (Lipinski definition) is 1. The predicted octanol–water partition coefficient (Wildman–Crippen LogP) is 1.02. The van der Waals surface area contributed by atoms with Gasteiger partial charge >= 0.3 is 0 Å². The van der Waals surface area contributed by atoms with Gasteiger partial charge in [-0.15, -0.1) is 0 Å². The minimum atomic E-state index is -0.0404. The summed E-state index contributed by atoms with van der Waals surface area (Å²) in [5.41, 5.74) is 1.78. The van der Waals surface area contributed by atoms with E-state index in [1.54, 1.807) is 12.4 Å². The summed E-state index contributed by atoms with van der Waals surface area (Å²) < 4.78 is 3.81. The van der Waals surface area contributed by atoms with Crippen molar-refractivity contribution in [1.29, 1.82) is 0 Å². The fourth-order valence-corrected chi connectivity index (χ4v) is 3.40. The Bertz CT molecular complexity index is 675. The average Bonchev–Trinajstić information content (AvgIpc) is 3.15. The van der Waals surface area contributed by atoms with Crippen molar-refractivity contribution in [2.24, 2.45) is 5.92 Å². The third-order valence-electron chi connectivity index (χ3n) is 4.45. The summed E-state index contributed by atoms with van der Waals surface area (Å²) in [6.07, 6.45) is 7.38. The smallest absolute Gasteiger partial charge is 0.255 e. The van der Waals surface area contributed by atoms with Crippen LogP contribution in [0.15, 0.2) is 24.7 Å². The molecule has 1 amide bonds. The van der Waals surface area contributed by atoms with Crippen LogP contribution in [0.4, 0.5) is 0 Å². The molecule has 1 aliphatic heterocycles. The molecule has 2 atom stereocenters. The van der Waals surface area contributed by atoms with Crippen molar-refractivity contribution >= 4 is 5.91 Å². The second kappa shape index (κ2) is 7.17. The first-order valence-electron chi connectivity index (χ1n) is 8.50. The number of carbonyl (C=O) groups excluding carboxylic acids is 1. The van der Waals surface area contributed by atoms with E-state index in [0.717, 1.165) is 31.6 Å². The maximum absolute atomic E-state index is 12.6. The number of nitrogens with one attached hydrogen (secondary N) is 1. The highest BCUT2D eigenvalue weighted by atomic mass is 16.1. The van der Waals surface area contributed by atoms with Crippen LogP contribution < -0.4 is 5.32 Å². The monoisotopic (exact) mass is 330 g/mol. The fourth-order valence-electron chi connectivity index (χ4n) is 3.40. The van der Waals surface area contributed by atoms with Gasteiger partial charge in [-0.2, -0.15) is 10.2 Å². The Balaban J connectivity index is 1.65. The highest BCUT2D eigenvalue weighted by Gasteiger charge is 2.26. The minimum Gasteiger partial charge on any atom is -0.348 e. The number of aromatic nitrogens is 4. The molecule has 1 N–H and O–H groups in total. The van der Waals surface area contributed by atoms with Gasteiger partial charge in [-0.1, -0.05) is 0 Å². The van der Waals surface area contributed by atoms with Crippen LogP contribution >= 0.6 is 0 Å². The van der Waals surface area contributed by atoms with Crippen LogP contribution in [0.3, 0.4) is 0 Å². The van der Waals surface area contributed by atoms with Crippen molar-refractivity contribution in [3.05, 3.63) is 35.9 Å². The van der Waals surface area contributed by atoms with Crippen LogP contribution in [0.2, 0.25) is 0 Å². The van der Waals surface area contributed by atoms with Gasteiger partial charge in [0.2, 0.25) is 0 Å². The number of amides is 1. The van der Waals surface area contributed by atoms with Crippen molar-refractivity contribution in [1.82, 2.24) is 29.8 Å². The van der Waals surface area contributed by atoms with Gasteiger partial charge < -0.3 is 10.2 Å². The molecule has 7 nitrogen and oxygen atoms in total. The Morgan fingerprint density at radius 2 is 2.29 bits per heavy atom. The molecule has 2 aromatic rings. The molecule has 2 unspecified atom stereocenters. The first kappa shape index (κ1) is 16.7. The Labute approximate surface area is 142 Å². The van der Waals surface area contributed by atoms with Crippen molar-refractivity contribution in [2.45, 2.75) is 38.9 Å². The highest BCUT2D eigenvalue weighted by molar-refractivity contribution is 5.95. The van der Waals surface area contributed by atoms with Gasteiger partial charge in [0.1, 0.15) is 0 Å². The molecule has 7 heteroatoms. The lowest BCUT2D eigenvalue weighted by atomic mass is 9.94. The Kier molecular flexibility index (Phi) is 4.99. The lowest BCUT2D eigenvalue weighted by molar-refractivity contribution is 0.0934. The molecule has 2 aromatic heterocycles. The van der Waals surface area contributed by atoms with E-state index in [0.29, 0.717) is 18.0 Å². The standard InChI is InChI=1S/C17H26N6O/c1-13(11-22-7-4-6-18-22)20-17(24)15-10-19-23-8-5-14(9-16(15)23)12-21(2)3/h4,6-7,10,13-14H,5,8-9,11-12H2,1-3H3,(H,20,24). The number of fused-ring (bicyclic) bond motifs is 1. The number of nitrogens with zero attached hydrogens (tertiary/aromatic N) is 5. The van der Waals surface area contributed by atoms with Gasteiger partial charge in [-0.05, 0) is 45.8 Å². The summed E-state index contributed by atoms with van der Waals surface area (Å²) in [6.45, 7) is 4.59. The Morgan fingerprint density at radius 1 is 1.46 bits per heavy atom. The number of aryl methyl sites for hydroxylation is 1. The van der Waals surface area contributed by atoms with Gasteiger partial charge in [-0.3, -0.25) is 14.2 Å². The quantitative estimate of drug-likeness (QED) is 0.859. The van der Waals surface area contributed by atoms with Gasteiger partial charge in [-0.25, -0.2) is 0 Å². The maximum atomic E-state index is 12.6. The second-order valence-electron chi connectivity index (χ2n) is 6.95. The van der Waals surface area contributed by atoms with Crippen LogP contribution in [0, 0.1) is 5.92 Å². The van der Waals surface area contributed by atoms with Crippen molar-refractivity contribution in [3.63, 3.8) is 0 Å². The minimum absolute atomic E-state index is 0.00844. The van der Waals surface area contributed by atoms with E-state index in [2.05, 4.69) is 34.5 Å². The normalized spacial score (nSPS) is 18.4. The molecule has 24 heavy (non-hydrogen) atoms. The first-order valence-corrected chi connectivity index (χ1v) is 8.50. The fraction of sp³-hybridized carbons (Fsp3) is 0.588. The average molecular weight is 330 g/mol. The van der Waals surface area contributed by atoms with Crippen LogP contribution in [0.25, 0.3) is 0 Å². The largest absolute Gasteiger partial charge is 0.348 e. The highest BCUT2D eigenvalue weighted by Crippen LogP contribution is 2.23. The second-order valence-corrected chi connectivity index (χ2v) is 6.95. The van der Waals surface area contributed by atoms with Gasteiger partial charge in [0.15, 0.2) is 0 Å². The summed E-state index contributed by atoms with van der Waals surface area (Å²) in [5, 5.41) is 11.6. The summed E-state index contributed by atoms with van der Waals surface area (Å²) in [5.74, 6) is 0.540. The topological polar surface area (TPSA) is 68.0 Å². The van der Waals surface area contributed by atoms with Crippen LogP contribution in [-0.2, 0) is 19.5 Å². The number of carbonyl (C=O) groups is 1. The summed E-state index contributed by atoms with van der Waals surface area (Å²) in [7, 11) is 4.19. The molecule has 130 valence electrons. The zero-order valence-electron chi connectivity index (χ0n) is 14.6. The predicted molar refractivity (Wildman–Crippen MR) is 91.7 cm³/mol. The van der Waals surface area contributed by atoms with E-state index in [1.165, 1.54) is 0 Å². The molecule has 0 radical (unpaired) electrons. The lowest BCUT2D eigenvalue weighted by Crippen LogP contribution is -2.37. The van der Waals surface area contributed by atoms with Gasteiger partial charge in [0, 0.05) is 31.5 Å². The third-order valence-corrected chi connectivity index (χ3v) is 4.45. The van der Waals surface area contributed by atoms with Crippen molar-refractivity contribution in [3.8, 4) is 0 Å². The summed E-state index contributed by atoms with van der Waals surface area (Å²) in [6, 6.07) is 1.89. The molecule has 0 saturated heterocycles. The van der Waals surface area contributed by atoms with Crippen molar-refractivity contribution < 1.29 is 4.79 Å². The molecule has 1 aliphatic rings. The molecule has 0 spiro atoms. The summed E-state index contributed by atoms with van der Waals surface area (Å²) in [4.78, 5) is 14.9. The molecule has 3 heterocycles. The third kappa shape index (κ3) is 3.84. The molecule has 0 saturated carbocycles. The molecule has 0 aliphatic carbocycles. The molecular formula is C17H26N6O. The molecule has 3 rings (SSSR count). The van der Waals surface area contributed by atoms with Crippen LogP contribution in [-0.4, -0.2) is 57.1 Å². The molecular weight excluding hydrogens is 304 g/mol. The van der Waals surface area contributed by atoms with E-state index < -0.39 is 0 Å². The summed E-state index contributed by atoms with van der Waals surface area (Å²) >= 11 is 0. The number of hydrogen-bond acceptors (Lipinski definition) is 4. The zero-order valence-corrected chi connectivity index (χ0v) is 14.6. The molecule has 0 fully saturated rings. The van der Waals surface area contributed by atoms with Crippen LogP contribution in [0.1, 0.15) is 29.4 Å². The van der Waals surface area contributed by atoms with Gasteiger partial charge in [0.05, 0.1) is 24.0 Å². The first-order chi connectivity index (χ1) is 11.5. The van der Waals surface area contributed by atoms with E-state index in [4.69, 9.17) is 0 Å². The van der Waals surface area contributed by atoms with E-state index in [9.17, 15) is 4.79 Å². The molecule has 0 aromatic carbocycles. The zero-order chi connectivity index (χ0) is 17.1. The number of rotatable bonds is 6. The van der Waals surface area contributed by atoms with Crippen molar-refractivity contribution in [2.75, 3.05) is 20.6 Å². The Hall–Kier alpha value is -2.15. The Morgan fingerprint density at radius 3 is 3.00 bits per heavy atom. The van der Waals surface area contributed by atoms with Crippen LogP contribution in [0.5, 0.6) is 0 Å². The van der Waals surface area contributed by atoms with Gasteiger partial charge in [0.25, 0.3) is 5.91 Å². The lowest BCUT2D eigenvalue weighted by Gasteiger charge is -2.26. The SMILES string of the molecule is CC(Cn1cccn1)NC(=O)c1cnn2c1CC(CN(C)C)CC2. The van der Waals surface area contributed by atoms with E-state index in [-0.39, 0.29) is 11.9 Å². The maximum Gasteiger partial charge on any atom is 0.255 e. The van der Waals surface area contributed by atoms with E-state index >= 15 is 0 Å². The molecule has 0 bridgehead atoms.